The molecule has 0 bridgehead atoms. The quantitative estimate of drug-likeness (QED) is 0.657. The van der Waals surface area contributed by atoms with Crippen LogP contribution in [0.1, 0.15) is 18.4 Å². The summed E-state index contributed by atoms with van der Waals surface area (Å²) in [6, 6.07) is 8.86. The van der Waals surface area contributed by atoms with Crippen molar-refractivity contribution in [1.82, 2.24) is 0 Å². The minimum absolute atomic E-state index is 0.972. The van der Waals surface area contributed by atoms with Crippen molar-refractivity contribution in [2.24, 2.45) is 0 Å². The van der Waals surface area contributed by atoms with Crippen LogP contribution in [0.5, 0.6) is 0 Å². The average molecular weight is 187 g/mol. The maximum atomic E-state index is 3.75. The average Bonchev–Trinajstić information content (AvgIpc) is 2.72. The standard InChI is InChI=1S/C13H17N/c1-2-5-12-6-8-13(9-7-12)14-10-3-4-11-14/h2,6-9H,1,3-5,10-11H2. The first kappa shape index (κ1) is 9.32. The topological polar surface area (TPSA) is 3.24 Å². The summed E-state index contributed by atoms with van der Waals surface area (Å²) in [5.41, 5.74) is 2.72. The summed E-state index contributed by atoms with van der Waals surface area (Å²) in [5.74, 6) is 0. The highest BCUT2D eigenvalue weighted by Crippen LogP contribution is 2.20. The van der Waals surface area contributed by atoms with E-state index in [1.54, 1.807) is 0 Å². The molecular formula is C13H17N. The Kier molecular flexibility index (Phi) is 2.87. The Morgan fingerprint density at radius 1 is 1.14 bits per heavy atom. The number of allylic oxidation sites excluding steroid dienone is 1. The molecule has 2 rings (SSSR count). The van der Waals surface area contributed by atoms with Crippen molar-refractivity contribution in [3.05, 3.63) is 42.5 Å². The highest BCUT2D eigenvalue weighted by molar-refractivity contribution is 5.48. The van der Waals surface area contributed by atoms with Gasteiger partial charge in [0.25, 0.3) is 0 Å². The lowest BCUT2D eigenvalue weighted by Crippen LogP contribution is -2.17. The van der Waals surface area contributed by atoms with Gasteiger partial charge in [-0.1, -0.05) is 18.2 Å². The Bertz CT molecular complexity index is 294. The van der Waals surface area contributed by atoms with Gasteiger partial charge in [0.05, 0.1) is 0 Å². The van der Waals surface area contributed by atoms with Gasteiger partial charge < -0.3 is 4.90 Å². The molecule has 0 radical (unpaired) electrons. The molecular weight excluding hydrogens is 170 g/mol. The Hall–Kier alpha value is -1.24. The molecule has 14 heavy (non-hydrogen) atoms. The Morgan fingerprint density at radius 3 is 2.36 bits per heavy atom. The zero-order valence-corrected chi connectivity index (χ0v) is 8.58. The zero-order chi connectivity index (χ0) is 9.80. The first-order chi connectivity index (χ1) is 6.90. The number of rotatable bonds is 3. The summed E-state index contributed by atoms with van der Waals surface area (Å²) in [5, 5.41) is 0. The third kappa shape index (κ3) is 1.98. The molecule has 1 saturated heterocycles. The minimum atomic E-state index is 0.972. The van der Waals surface area contributed by atoms with Crippen molar-refractivity contribution in [2.45, 2.75) is 19.3 Å². The van der Waals surface area contributed by atoms with Crippen LogP contribution in [0.15, 0.2) is 36.9 Å². The summed E-state index contributed by atoms with van der Waals surface area (Å²) in [7, 11) is 0. The van der Waals surface area contributed by atoms with Crippen molar-refractivity contribution in [3.8, 4) is 0 Å². The zero-order valence-electron chi connectivity index (χ0n) is 8.58. The SMILES string of the molecule is C=CCc1ccc(N2CCCC2)cc1. The van der Waals surface area contributed by atoms with Gasteiger partial charge in [-0.15, -0.1) is 6.58 Å². The Balaban J connectivity index is 2.08. The number of anilines is 1. The molecule has 1 aliphatic rings. The second-order valence-electron chi connectivity index (χ2n) is 3.85. The highest BCUT2D eigenvalue weighted by Gasteiger charge is 2.11. The van der Waals surface area contributed by atoms with Crippen LogP contribution in [-0.2, 0) is 6.42 Å². The van der Waals surface area contributed by atoms with Crippen LogP contribution in [0, 0.1) is 0 Å². The lowest BCUT2D eigenvalue weighted by Gasteiger charge is -2.17. The predicted molar refractivity (Wildman–Crippen MR) is 61.8 cm³/mol. The summed E-state index contributed by atoms with van der Waals surface area (Å²) >= 11 is 0. The van der Waals surface area contributed by atoms with Crippen LogP contribution in [0.2, 0.25) is 0 Å². The fourth-order valence-electron chi connectivity index (χ4n) is 1.98. The van der Waals surface area contributed by atoms with E-state index in [1.165, 1.54) is 37.2 Å². The molecule has 1 aromatic carbocycles. The van der Waals surface area contributed by atoms with Gasteiger partial charge in [0.2, 0.25) is 0 Å². The number of nitrogens with zero attached hydrogens (tertiary/aromatic N) is 1. The molecule has 74 valence electrons. The fourth-order valence-corrected chi connectivity index (χ4v) is 1.98. The summed E-state index contributed by atoms with van der Waals surface area (Å²) in [4.78, 5) is 2.46. The van der Waals surface area contributed by atoms with Crippen molar-refractivity contribution in [3.63, 3.8) is 0 Å². The van der Waals surface area contributed by atoms with Gasteiger partial charge in [-0.05, 0) is 37.0 Å². The molecule has 1 heteroatoms. The molecule has 0 aromatic heterocycles. The van der Waals surface area contributed by atoms with Crippen LogP contribution < -0.4 is 4.90 Å². The molecule has 0 unspecified atom stereocenters. The second kappa shape index (κ2) is 4.32. The third-order valence-corrected chi connectivity index (χ3v) is 2.79. The largest absolute Gasteiger partial charge is 0.372 e. The van der Waals surface area contributed by atoms with E-state index in [1.807, 2.05) is 6.08 Å². The van der Waals surface area contributed by atoms with Gasteiger partial charge in [-0.25, -0.2) is 0 Å². The molecule has 0 aliphatic carbocycles. The molecule has 0 atom stereocenters. The molecule has 1 nitrogen and oxygen atoms in total. The minimum Gasteiger partial charge on any atom is -0.372 e. The second-order valence-corrected chi connectivity index (χ2v) is 3.85. The van der Waals surface area contributed by atoms with Crippen LogP contribution in [-0.4, -0.2) is 13.1 Å². The summed E-state index contributed by atoms with van der Waals surface area (Å²) in [6.45, 7) is 6.19. The van der Waals surface area contributed by atoms with Crippen LogP contribution in [0.25, 0.3) is 0 Å². The van der Waals surface area contributed by atoms with Crippen LogP contribution in [0.3, 0.4) is 0 Å². The van der Waals surface area contributed by atoms with E-state index in [0.717, 1.165) is 6.42 Å². The Morgan fingerprint density at radius 2 is 1.79 bits per heavy atom. The van der Waals surface area contributed by atoms with E-state index < -0.39 is 0 Å². The maximum absolute atomic E-state index is 3.75. The molecule has 0 N–H and O–H groups in total. The van der Waals surface area contributed by atoms with Crippen molar-refractivity contribution < 1.29 is 0 Å². The first-order valence-corrected chi connectivity index (χ1v) is 5.35. The van der Waals surface area contributed by atoms with Gasteiger partial charge in [0.15, 0.2) is 0 Å². The molecule has 0 saturated carbocycles. The van der Waals surface area contributed by atoms with E-state index >= 15 is 0 Å². The van der Waals surface area contributed by atoms with Crippen molar-refractivity contribution >= 4 is 5.69 Å². The molecule has 1 aliphatic heterocycles. The Labute approximate surface area is 86.1 Å². The van der Waals surface area contributed by atoms with E-state index in [-0.39, 0.29) is 0 Å². The summed E-state index contributed by atoms with van der Waals surface area (Å²) < 4.78 is 0. The molecule has 1 heterocycles. The van der Waals surface area contributed by atoms with Crippen LogP contribution in [0.4, 0.5) is 5.69 Å². The lowest BCUT2D eigenvalue weighted by molar-refractivity contribution is 0.949. The maximum Gasteiger partial charge on any atom is 0.0366 e. The molecule has 0 amide bonds. The smallest absolute Gasteiger partial charge is 0.0366 e. The summed E-state index contributed by atoms with van der Waals surface area (Å²) in [6.07, 6.45) is 5.61. The van der Waals surface area contributed by atoms with E-state index in [9.17, 15) is 0 Å². The normalized spacial score (nSPS) is 15.9. The van der Waals surface area contributed by atoms with E-state index in [4.69, 9.17) is 0 Å². The monoisotopic (exact) mass is 187 g/mol. The van der Waals surface area contributed by atoms with Crippen LogP contribution >= 0.6 is 0 Å². The predicted octanol–water partition coefficient (Wildman–Crippen LogP) is 3.02. The molecule has 1 aromatic rings. The molecule has 1 fully saturated rings. The van der Waals surface area contributed by atoms with Gasteiger partial charge >= 0.3 is 0 Å². The molecule has 0 spiro atoms. The van der Waals surface area contributed by atoms with Gasteiger partial charge in [0, 0.05) is 18.8 Å². The number of benzene rings is 1. The van der Waals surface area contributed by atoms with Crippen molar-refractivity contribution in [2.75, 3.05) is 18.0 Å². The van der Waals surface area contributed by atoms with E-state index in [2.05, 4.69) is 35.7 Å². The lowest BCUT2D eigenvalue weighted by atomic mass is 10.1. The third-order valence-electron chi connectivity index (χ3n) is 2.79. The number of hydrogen-bond donors (Lipinski definition) is 0. The van der Waals surface area contributed by atoms with Gasteiger partial charge in [0.1, 0.15) is 0 Å². The van der Waals surface area contributed by atoms with Gasteiger partial charge in [-0.2, -0.15) is 0 Å². The van der Waals surface area contributed by atoms with Crippen molar-refractivity contribution in [1.29, 1.82) is 0 Å². The first-order valence-electron chi connectivity index (χ1n) is 5.35. The van der Waals surface area contributed by atoms with E-state index in [0.29, 0.717) is 0 Å². The van der Waals surface area contributed by atoms with Gasteiger partial charge in [-0.3, -0.25) is 0 Å². The number of hydrogen-bond acceptors (Lipinski definition) is 1. The highest BCUT2D eigenvalue weighted by atomic mass is 15.1. The fraction of sp³-hybridized carbons (Fsp3) is 0.385.